The Balaban J connectivity index is 1.21. The molecular weight excluding hydrogens is 563 g/mol. The number of amides is 3. The van der Waals surface area contributed by atoms with E-state index in [1.807, 2.05) is 30.2 Å². The van der Waals surface area contributed by atoms with E-state index in [4.69, 9.17) is 4.52 Å². The third-order valence-corrected chi connectivity index (χ3v) is 7.87. The summed E-state index contributed by atoms with van der Waals surface area (Å²) in [6.07, 6.45) is -1.40. The molecule has 1 saturated heterocycles. The minimum atomic E-state index is -4.58. The first-order valence-corrected chi connectivity index (χ1v) is 14.0. The van der Waals surface area contributed by atoms with E-state index in [0.717, 1.165) is 34.2 Å². The van der Waals surface area contributed by atoms with Gasteiger partial charge in [0.1, 0.15) is 0 Å². The first-order chi connectivity index (χ1) is 20.5. The standard InChI is InChI=1S/C31H32F3N5O4/c1-18-6-7-24-23(12-18)21(17-36-24)14-29(41)39-10-8-19(9-11-39)26-15-27(43-38-26)30(42)37-25(16-28(40)35-2)20-4-3-5-22(13-20)31(32,33)34/h3-7,12-13,15,17,19,25,36H,8-11,14,16H2,1-2H3,(H,35,40)(H,37,42). The number of nitrogens with zero attached hydrogens (tertiary/aromatic N) is 2. The fraction of sp³-hybridized carbons (Fsp3) is 0.355. The summed E-state index contributed by atoms with van der Waals surface area (Å²) in [5.41, 5.74) is 2.88. The summed E-state index contributed by atoms with van der Waals surface area (Å²) in [6, 6.07) is 11.1. The molecule has 1 aliphatic heterocycles. The molecule has 1 atom stereocenters. The Morgan fingerprint density at radius 1 is 1.12 bits per heavy atom. The molecule has 12 heteroatoms. The van der Waals surface area contributed by atoms with Gasteiger partial charge in [0.15, 0.2) is 0 Å². The van der Waals surface area contributed by atoms with Gasteiger partial charge in [-0.15, -0.1) is 0 Å². The lowest BCUT2D eigenvalue weighted by molar-refractivity contribution is -0.137. The van der Waals surface area contributed by atoms with Crippen molar-refractivity contribution in [2.45, 2.75) is 50.7 Å². The molecule has 5 rings (SSSR count). The fourth-order valence-electron chi connectivity index (χ4n) is 5.43. The van der Waals surface area contributed by atoms with Gasteiger partial charge in [0.2, 0.25) is 17.6 Å². The number of hydrogen-bond acceptors (Lipinski definition) is 5. The number of piperidine rings is 1. The zero-order valence-corrected chi connectivity index (χ0v) is 23.8. The summed E-state index contributed by atoms with van der Waals surface area (Å²) in [6.45, 7) is 3.08. The summed E-state index contributed by atoms with van der Waals surface area (Å²) in [5.74, 6) is -1.27. The van der Waals surface area contributed by atoms with E-state index in [1.165, 1.54) is 25.2 Å². The van der Waals surface area contributed by atoms with Crippen molar-refractivity contribution >= 4 is 28.6 Å². The van der Waals surface area contributed by atoms with Gasteiger partial charge in [-0.1, -0.05) is 28.9 Å². The number of likely N-dealkylation sites (tertiary alicyclic amines) is 1. The highest BCUT2D eigenvalue weighted by atomic mass is 19.4. The van der Waals surface area contributed by atoms with Gasteiger partial charge in [-0.05, 0) is 55.2 Å². The van der Waals surface area contributed by atoms with Crippen LogP contribution < -0.4 is 10.6 Å². The number of carbonyl (C=O) groups excluding carboxylic acids is 3. The van der Waals surface area contributed by atoms with Crippen molar-refractivity contribution in [1.82, 2.24) is 25.7 Å². The Morgan fingerprint density at radius 2 is 1.88 bits per heavy atom. The van der Waals surface area contributed by atoms with Crippen LogP contribution in [0.4, 0.5) is 13.2 Å². The molecule has 3 amide bonds. The molecule has 2 aromatic carbocycles. The number of fused-ring (bicyclic) bond motifs is 1. The number of aromatic amines is 1. The molecule has 0 saturated carbocycles. The predicted molar refractivity (Wildman–Crippen MR) is 152 cm³/mol. The Morgan fingerprint density at radius 3 is 2.60 bits per heavy atom. The topological polar surface area (TPSA) is 120 Å². The number of rotatable bonds is 8. The number of aromatic nitrogens is 2. The zero-order valence-electron chi connectivity index (χ0n) is 23.8. The van der Waals surface area contributed by atoms with Gasteiger partial charge in [0.05, 0.1) is 30.1 Å². The summed E-state index contributed by atoms with van der Waals surface area (Å²) in [7, 11) is 1.40. The number of carbonyl (C=O) groups is 3. The lowest BCUT2D eigenvalue weighted by Gasteiger charge is -2.31. The van der Waals surface area contributed by atoms with Crippen LogP contribution in [0, 0.1) is 6.92 Å². The molecule has 43 heavy (non-hydrogen) atoms. The van der Waals surface area contributed by atoms with Crippen LogP contribution in [-0.4, -0.2) is 52.9 Å². The van der Waals surface area contributed by atoms with E-state index < -0.39 is 29.6 Å². The molecule has 1 fully saturated rings. The average Bonchev–Trinajstić information content (AvgIpc) is 3.64. The fourth-order valence-corrected chi connectivity index (χ4v) is 5.43. The smallest absolute Gasteiger partial charge is 0.361 e. The van der Waals surface area contributed by atoms with E-state index in [2.05, 4.69) is 26.8 Å². The highest BCUT2D eigenvalue weighted by molar-refractivity contribution is 5.92. The number of aryl methyl sites for hydroxylation is 1. The first-order valence-electron chi connectivity index (χ1n) is 14.0. The van der Waals surface area contributed by atoms with Crippen LogP contribution in [0.2, 0.25) is 0 Å². The molecular formula is C31H32F3N5O4. The van der Waals surface area contributed by atoms with Crippen molar-refractivity contribution in [1.29, 1.82) is 0 Å². The Kier molecular flexibility index (Phi) is 8.56. The van der Waals surface area contributed by atoms with E-state index in [9.17, 15) is 27.6 Å². The van der Waals surface area contributed by atoms with Crippen molar-refractivity contribution in [3.05, 3.63) is 88.4 Å². The normalized spacial score (nSPS) is 15.0. The quantitative estimate of drug-likeness (QED) is 0.264. The Hall–Kier alpha value is -4.61. The van der Waals surface area contributed by atoms with Gasteiger partial charge in [-0.25, -0.2) is 0 Å². The molecule has 3 heterocycles. The maximum Gasteiger partial charge on any atom is 0.416 e. The third-order valence-electron chi connectivity index (χ3n) is 7.87. The van der Waals surface area contributed by atoms with Crippen LogP contribution in [0.1, 0.15) is 69.7 Å². The monoisotopic (exact) mass is 595 g/mol. The van der Waals surface area contributed by atoms with Gasteiger partial charge >= 0.3 is 6.18 Å². The van der Waals surface area contributed by atoms with Crippen molar-refractivity contribution < 1.29 is 32.1 Å². The molecule has 3 N–H and O–H groups in total. The lowest BCUT2D eigenvalue weighted by atomic mass is 9.93. The van der Waals surface area contributed by atoms with Gasteiger partial charge < -0.3 is 25.0 Å². The first kappa shape index (κ1) is 29.9. The van der Waals surface area contributed by atoms with Gasteiger partial charge in [-0.3, -0.25) is 14.4 Å². The summed E-state index contributed by atoms with van der Waals surface area (Å²) >= 11 is 0. The van der Waals surface area contributed by atoms with Crippen molar-refractivity contribution in [2.75, 3.05) is 20.1 Å². The minimum absolute atomic E-state index is 0.0322. The Labute approximate surface area is 245 Å². The van der Waals surface area contributed by atoms with Crippen molar-refractivity contribution in [3.8, 4) is 0 Å². The summed E-state index contributed by atoms with van der Waals surface area (Å²) in [4.78, 5) is 43.2. The number of nitrogens with one attached hydrogen (secondary N) is 3. The largest absolute Gasteiger partial charge is 0.416 e. The molecule has 0 radical (unpaired) electrons. The van der Waals surface area contributed by atoms with Crippen LogP contribution in [0.25, 0.3) is 10.9 Å². The summed E-state index contributed by atoms with van der Waals surface area (Å²) in [5, 5.41) is 10.1. The SMILES string of the molecule is CNC(=O)CC(NC(=O)c1cc(C2CCN(C(=O)Cc3c[nH]c4ccc(C)cc34)CC2)no1)c1cccc(C(F)(F)F)c1. The number of alkyl halides is 3. The molecule has 1 aliphatic rings. The van der Waals surface area contributed by atoms with Crippen LogP contribution in [0.5, 0.6) is 0 Å². The average molecular weight is 596 g/mol. The number of benzene rings is 2. The van der Waals surface area contributed by atoms with Crippen LogP contribution >= 0.6 is 0 Å². The van der Waals surface area contributed by atoms with E-state index >= 15 is 0 Å². The predicted octanol–water partition coefficient (Wildman–Crippen LogP) is 5.04. The maximum absolute atomic E-state index is 13.3. The maximum atomic E-state index is 13.3. The molecule has 0 bridgehead atoms. The van der Waals surface area contributed by atoms with E-state index in [1.54, 1.807) is 0 Å². The second-order valence-corrected chi connectivity index (χ2v) is 10.8. The second-order valence-electron chi connectivity index (χ2n) is 10.8. The van der Waals surface area contributed by atoms with Crippen LogP contribution in [0.3, 0.4) is 0 Å². The van der Waals surface area contributed by atoms with E-state index in [0.29, 0.717) is 38.0 Å². The third kappa shape index (κ3) is 6.90. The summed E-state index contributed by atoms with van der Waals surface area (Å²) < 4.78 is 45.1. The van der Waals surface area contributed by atoms with Gasteiger partial charge in [0, 0.05) is 49.2 Å². The molecule has 0 spiro atoms. The minimum Gasteiger partial charge on any atom is -0.361 e. The lowest BCUT2D eigenvalue weighted by Crippen LogP contribution is -2.38. The molecule has 0 aliphatic carbocycles. The van der Waals surface area contributed by atoms with Crippen LogP contribution in [-0.2, 0) is 22.2 Å². The van der Waals surface area contributed by atoms with Crippen molar-refractivity contribution in [2.24, 2.45) is 0 Å². The van der Waals surface area contributed by atoms with Gasteiger partial charge in [0.25, 0.3) is 5.91 Å². The Bertz CT molecular complexity index is 1640. The molecule has 4 aromatic rings. The van der Waals surface area contributed by atoms with Gasteiger partial charge in [-0.2, -0.15) is 13.2 Å². The van der Waals surface area contributed by atoms with Crippen molar-refractivity contribution in [3.63, 3.8) is 0 Å². The molecule has 1 unspecified atom stereocenters. The second kappa shape index (κ2) is 12.3. The number of halogens is 3. The zero-order chi connectivity index (χ0) is 30.7. The number of hydrogen-bond donors (Lipinski definition) is 3. The molecule has 9 nitrogen and oxygen atoms in total. The van der Waals surface area contributed by atoms with Crippen LogP contribution in [0.15, 0.2) is 59.3 Å². The molecule has 226 valence electrons. The molecule has 2 aromatic heterocycles. The van der Waals surface area contributed by atoms with E-state index in [-0.39, 0.29) is 29.6 Å². The number of H-pyrrole nitrogens is 1. The highest BCUT2D eigenvalue weighted by Gasteiger charge is 2.32. The highest BCUT2D eigenvalue weighted by Crippen LogP contribution is 2.32.